The molecule has 0 aromatic heterocycles. The molecule has 0 heterocycles. The molecule has 0 aromatic rings. The number of hydrogen-bond donors (Lipinski definition) is 2. The third kappa shape index (κ3) is 4.20. The fourth-order valence-corrected chi connectivity index (χ4v) is 0.217. The van der Waals surface area contributed by atoms with Gasteiger partial charge in [0.05, 0.1) is 0 Å². The molecule has 0 aromatic carbocycles. The van der Waals surface area contributed by atoms with E-state index in [1.807, 2.05) is 0 Å². The van der Waals surface area contributed by atoms with E-state index in [1.54, 1.807) is 0 Å². The van der Waals surface area contributed by atoms with Crippen molar-refractivity contribution in [3.8, 4) is 0 Å². The van der Waals surface area contributed by atoms with Crippen molar-refractivity contribution in [1.29, 1.82) is 0 Å². The summed E-state index contributed by atoms with van der Waals surface area (Å²) in [6, 6.07) is 0. The van der Waals surface area contributed by atoms with Gasteiger partial charge in [-0.25, -0.2) is 0 Å². The molecule has 0 atom stereocenters. The highest BCUT2D eigenvalue weighted by molar-refractivity contribution is 7.96. The lowest BCUT2D eigenvalue weighted by Gasteiger charge is -1.78. The smallest absolute Gasteiger partial charge is 0.145 e. The molecular formula is CH3N2S2. The molecule has 0 amide bonds. The van der Waals surface area contributed by atoms with Gasteiger partial charge in [-0.1, -0.05) is 12.2 Å². The summed E-state index contributed by atoms with van der Waals surface area (Å²) in [5, 5.41) is 4.82. The van der Waals surface area contributed by atoms with E-state index in [-0.39, 0.29) is 0 Å². The van der Waals surface area contributed by atoms with Crippen LogP contribution in [0.4, 0.5) is 0 Å². The van der Waals surface area contributed by atoms with Crippen LogP contribution in [-0.2, 0) is 0 Å². The monoisotopic (exact) mass is 107 g/mol. The Hall–Kier alpha value is 0.200. The first-order valence-corrected chi connectivity index (χ1v) is 2.18. The summed E-state index contributed by atoms with van der Waals surface area (Å²) in [7, 11) is 0. The molecule has 0 unspecified atom stereocenters. The van der Waals surface area contributed by atoms with Crippen molar-refractivity contribution in [2.24, 2.45) is 5.14 Å². The van der Waals surface area contributed by atoms with Gasteiger partial charge in [0.1, 0.15) is 5.49 Å². The first-order chi connectivity index (χ1) is 2.41. The van der Waals surface area contributed by atoms with E-state index < -0.39 is 0 Å². The quantitative estimate of drug-likeness (QED) is 0.294. The highest BCUT2D eigenvalue weighted by atomic mass is 32.2. The van der Waals surface area contributed by atoms with Gasteiger partial charge >= 0.3 is 0 Å². The van der Waals surface area contributed by atoms with Crippen LogP contribution in [0, 0.1) is 0 Å². The highest BCUT2D eigenvalue weighted by Gasteiger charge is 1.58. The topological polar surface area (TPSA) is 38.0 Å². The van der Waals surface area contributed by atoms with Gasteiger partial charge in [-0.15, -0.1) is 0 Å². The Balaban J connectivity index is 2.40. The zero-order valence-corrected chi connectivity index (χ0v) is 4.03. The number of rotatable bonds is 2. The first kappa shape index (κ1) is 5.20. The minimum atomic E-state index is 0.936. The lowest BCUT2D eigenvalue weighted by molar-refractivity contribution is 1.64. The van der Waals surface area contributed by atoms with Gasteiger partial charge in [0, 0.05) is 12.1 Å². The Morgan fingerprint density at radius 2 is 2.60 bits per heavy atom. The predicted octanol–water partition coefficient (Wildman–Crippen LogP) is -0.0679. The number of thiocarbonyl (C=S) groups is 1. The van der Waals surface area contributed by atoms with Crippen LogP contribution >= 0.6 is 24.4 Å². The van der Waals surface area contributed by atoms with E-state index in [1.165, 1.54) is 0 Å². The van der Waals surface area contributed by atoms with Crippen LogP contribution in [-0.4, -0.2) is 5.49 Å². The van der Waals surface area contributed by atoms with Crippen molar-refractivity contribution >= 4 is 29.8 Å². The molecular weight excluding hydrogens is 104 g/mol. The van der Waals surface area contributed by atoms with Crippen LogP contribution in [0.1, 0.15) is 0 Å². The second-order valence-electron chi connectivity index (χ2n) is 0.322. The third-order valence-corrected chi connectivity index (χ3v) is 0.552. The maximum Gasteiger partial charge on any atom is 0.145 e. The Labute approximate surface area is 40.4 Å². The molecule has 29 valence electrons. The molecule has 1 radical (unpaired) electrons. The average Bonchev–Trinajstić information content (AvgIpc) is 1.41. The summed E-state index contributed by atoms with van der Waals surface area (Å²) in [6.45, 7) is 0. The molecule has 0 aliphatic carbocycles. The van der Waals surface area contributed by atoms with Gasteiger partial charge in [0.2, 0.25) is 0 Å². The zero-order valence-electron chi connectivity index (χ0n) is 2.39. The molecule has 0 fully saturated rings. The van der Waals surface area contributed by atoms with Gasteiger partial charge in [-0.05, 0) is 0 Å². The summed E-state index contributed by atoms with van der Waals surface area (Å²) in [5.41, 5.74) is 2.19. The van der Waals surface area contributed by atoms with Crippen LogP contribution in [0.3, 0.4) is 0 Å². The minimum Gasteiger partial charge on any atom is -0.305 e. The van der Waals surface area contributed by atoms with Crippen molar-refractivity contribution in [3.05, 3.63) is 0 Å². The normalized spacial score (nSPS) is 6.60. The molecule has 5 heavy (non-hydrogen) atoms. The fraction of sp³-hybridized carbons (Fsp3) is 0. The standard InChI is InChI=1S/CH3N2S2/c2-5-3-1-4/h2H2,(H,3,4). The summed E-state index contributed by atoms with van der Waals surface area (Å²) in [6.07, 6.45) is 0. The molecule has 3 N–H and O–H groups in total. The highest BCUT2D eigenvalue weighted by Crippen LogP contribution is 1.64. The van der Waals surface area contributed by atoms with E-state index in [4.69, 9.17) is 5.14 Å². The Kier molecular flexibility index (Phi) is 4.37. The second kappa shape index (κ2) is 4.20. The van der Waals surface area contributed by atoms with E-state index in [2.05, 4.69) is 22.4 Å². The molecule has 0 spiro atoms. The summed E-state index contributed by atoms with van der Waals surface area (Å²) in [5.74, 6) is 0. The van der Waals surface area contributed by atoms with Gasteiger partial charge in [-0.3, -0.25) is 5.14 Å². The molecule has 2 nitrogen and oxygen atoms in total. The van der Waals surface area contributed by atoms with Crippen molar-refractivity contribution in [2.75, 3.05) is 0 Å². The van der Waals surface area contributed by atoms with Crippen molar-refractivity contribution in [3.63, 3.8) is 0 Å². The van der Waals surface area contributed by atoms with E-state index in [9.17, 15) is 0 Å². The first-order valence-electron chi connectivity index (χ1n) is 0.894. The molecule has 0 aliphatic heterocycles. The van der Waals surface area contributed by atoms with Crippen molar-refractivity contribution < 1.29 is 0 Å². The van der Waals surface area contributed by atoms with Crippen LogP contribution < -0.4 is 9.86 Å². The number of nitrogens with two attached hydrogens (primary N) is 1. The molecule has 0 rings (SSSR count). The Morgan fingerprint density at radius 3 is 2.60 bits per heavy atom. The lowest BCUT2D eigenvalue weighted by atomic mass is 11.6. The Morgan fingerprint density at radius 1 is 2.00 bits per heavy atom. The van der Waals surface area contributed by atoms with E-state index in [0.29, 0.717) is 0 Å². The van der Waals surface area contributed by atoms with Crippen molar-refractivity contribution in [1.82, 2.24) is 4.72 Å². The molecule has 0 aliphatic rings. The average molecular weight is 107 g/mol. The van der Waals surface area contributed by atoms with Gasteiger partial charge in [0.15, 0.2) is 0 Å². The van der Waals surface area contributed by atoms with Gasteiger partial charge in [-0.2, -0.15) is 0 Å². The van der Waals surface area contributed by atoms with Gasteiger partial charge < -0.3 is 4.72 Å². The zero-order chi connectivity index (χ0) is 4.12. The van der Waals surface area contributed by atoms with Crippen molar-refractivity contribution in [2.45, 2.75) is 0 Å². The third-order valence-electron chi connectivity index (χ3n) is 0.101. The predicted molar refractivity (Wildman–Crippen MR) is 27.5 cm³/mol. The Bertz CT molecular complexity index is 28.8. The minimum absolute atomic E-state index is 0.936. The lowest BCUT2D eigenvalue weighted by Crippen LogP contribution is -1.99. The van der Waals surface area contributed by atoms with E-state index in [0.717, 1.165) is 12.1 Å². The summed E-state index contributed by atoms with van der Waals surface area (Å²) < 4.78 is 2.37. The van der Waals surface area contributed by atoms with E-state index >= 15 is 0 Å². The van der Waals surface area contributed by atoms with Crippen LogP contribution in [0.15, 0.2) is 0 Å². The molecule has 0 bridgehead atoms. The summed E-state index contributed by atoms with van der Waals surface area (Å²) in [4.78, 5) is 0. The fourth-order valence-electron chi connectivity index (χ4n) is 0.0241. The number of hydrogen-bond acceptors (Lipinski definition) is 3. The number of nitrogens with one attached hydrogen (secondary N) is 1. The largest absolute Gasteiger partial charge is 0.305 e. The maximum absolute atomic E-state index is 4.82. The maximum atomic E-state index is 4.82. The van der Waals surface area contributed by atoms with Crippen LogP contribution in [0.2, 0.25) is 0 Å². The van der Waals surface area contributed by atoms with Gasteiger partial charge in [0.25, 0.3) is 0 Å². The summed E-state index contributed by atoms with van der Waals surface area (Å²) >= 11 is 5.13. The molecule has 0 saturated heterocycles. The van der Waals surface area contributed by atoms with Crippen LogP contribution in [0.5, 0.6) is 0 Å². The molecule has 4 heteroatoms. The molecule has 0 saturated carbocycles. The van der Waals surface area contributed by atoms with Crippen LogP contribution in [0.25, 0.3) is 0 Å². The SMILES string of the molecule is NSN[C]=S. The second-order valence-corrected chi connectivity index (χ2v) is 0.966.